The van der Waals surface area contributed by atoms with E-state index in [1.54, 1.807) is 16.9 Å². The van der Waals surface area contributed by atoms with Crippen molar-refractivity contribution in [1.29, 1.82) is 0 Å². The quantitative estimate of drug-likeness (QED) is 0.234. The Morgan fingerprint density at radius 2 is 1.54 bits per heavy atom. The Bertz CT molecular complexity index is 1590. The molecule has 1 aromatic heterocycles. The van der Waals surface area contributed by atoms with Crippen molar-refractivity contribution in [2.75, 3.05) is 23.3 Å². The normalized spacial score (nSPS) is 11.0. The van der Waals surface area contributed by atoms with Gasteiger partial charge >= 0.3 is 0 Å². The maximum Gasteiger partial charge on any atom is 0.255 e. The Morgan fingerprint density at radius 1 is 0.846 bits per heavy atom. The smallest absolute Gasteiger partial charge is 0.255 e. The Balaban J connectivity index is 1.30. The molecule has 198 valence electrons. The van der Waals surface area contributed by atoms with Crippen LogP contribution in [-0.4, -0.2) is 34.0 Å². The van der Waals surface area contributed by atoms with Gasteiger partial charge in [-0.1, -0.05) is 30.3 Å². The first-order valence-corrected chi connectivity index (χ1v) is 13.3. The van der Waals surface area contributed by atoms with E-state index in [4.69, 9.17) is 14.9 Å². The van der Waals surface area contributed by atoms with E-state index in [9.17, 15) is 4.79 Å². The molecule has 0 saturated heterocycles. The minimum absolute atomic E-state index is 0.192. The third kappa shape index (κ3) is 5.77. The summed E-state index contributed by atoms with van der Waals surface area (Å²) in [6.45, 7) is 10.7. The second-order valence-corrected chi connectivity index (χ2v) is 9.54. The van der Waals surface area contributed by atoms with E-state index >= 15 is 0 Å². The molecule has 0 aliphatic rings. The van der Waals surface area contributed by atoms with Crippen molar-refractivity contribution in [3.63, 3.8) is 0 Å². The Hall–Kier alpha value is -4.65. The maximum absolute atomic E-state index is 13.0. The fraction of sp³-hybridized carbons (Fsp3) is 0.219. The maximum atomic E-state index is 13.0. The Kier molecular flexibility index (Phi) is 7.59. The highest BCUT2D eigenvalue weighted by Crippen LogP contribution is 2.26. The second-order valence-electron chi connectivity index (χ2n) is 9.54. The summed E-state index contributed by atoms with van der Waals surface area (Å²) in [5.41, 5.74) is 7.97. The molecule has 0 spiro atoms. The molecular formula is C32H33N5O2. The minimum Gasteiger partial charge on any atom is -0.489 e. The van der Waals surface area contributed by atoms with E-state index in [1.165, 1.54) is 5.69 Å². The molecule has 0 aliphatic carbocycles. The lowest BCUT2D eigenvalue weighted by atomic mass is 10.1. The Labute approximate surface area is 229 Å². The number of aryl methyl sites for hydroxylation is 2. The second kappa shape index (κ2) is 11.4. The van der Waals surface area contributed by atoms with Gasteiger partial charge in [-0.15, -0.1) is 10.2 Å². The van der Waals surface area contributed by atoms with Crippen LogP contribution in [0, 0.1) is 13.8 Å². The van der Waals surface area contributed by atoms with Gasteiger partial charge in [-0.3, -0.25) is 4.79 Å². The number of aromatic nitrogens is 3. The zero-order valence-electron chi connectivity index (χ0n) is 22.8. The molecule has 39 heavy (non-hydrogen) atoms. The van der Waals surface area contributed by atoms with E-state index in [0.29, 0.717) is 29.1 Å². The molecule has 0 aliphatic heterocycles. The molecule has 0 unspecified atom stereocenters. The van der Waals surface area contributed by atoms with Gasteiger partial charge in [-0.05, 0) is 99.0 Å². The topological polar surface area (TPSA) is 72.3 Å². The van der Waals surface area contributed by atoms with Crippen LogP contribution in [0.2, 0.25) is 0 Å². The monoisotopic (exact) mass is 519 g/mol. The number of rotatable bonds is 9. The van der Waals surface area contributed by atoms with E-state index in [2.05, 4.69) is 49.2 Å². The zero-order valence-corrected chi connectivity index (χ0v) is 22.8. The average Bonchev–Trinajstić information content (AvgIpc) is 3.36. The molecule has 5 rings (SSSR count). The Morgan fingerprint density at radius 3 is 2.21 bits per heavy atom. The van der Waals surface area contributed by atoms with Crippen molar-refractivity contribution in [2.24, 2.45) is 0 Å². The van der Waals surface area contributed by atoms with Gasteiger partial charge in [0, 0.05) is 30.0 Å². The third-order valence-electron chi connectivity index (χ3n) is 6.86. The van der Waals surface area contributed by atoms with Gasteiger partial charge in [0.1, 0.15) is 23.4 Å². The molecule has 1 heterocycles. The molecular weight excluding hydrogens is 486 g/mol. The van der Waals surface area contributed by atoms with Crippen LogP contribution in [0.5, 0.6) is 5.75 Å². The number of benzene rings is 4. The molecule has 5 aromatic rings. The summed E-state index contributed by atoms with van der Waals surface area (Å²) in [5.74, 6) is 0.521. The fourth-order valence-electron chi connectivity index (χ4n) is 4.60. The van der Waals surface area contributed by atoms with Crippen LogP contribution in [0.1, 0.15) is 40.9 Å². The first-order chi connectivity index (χ1) is 18.9. The van der Waals surface area contributed by atoms with Crippen molar-refractivity contribution in [3.05, 3.63) is 107 Å². The van der Waals surface area contributed by atoms with Crippen molar-refractivity contribution < 1.29 is 9.53 Å². The molecule has 7 nitrogen and oxygen atoms in total. The number of ether oxygens (including phenoxy) is 1. The first-order valence-electron chi connectivity index (χ1n) is 13.3. The summed E-state index contributed by atoms with van der Waals surface area (Å²) in [4.78, 5) is 17.0. The fourth-order valence-corrected chi connectivity index (χ4v) is 4.60. The van der Waals surface area contributed by atoms with Crippen LogP contribution in [-0.2, 0) is 6.61 Å². The van der Waals surface area contributed by atoms with Crippen LogP contribution < -0.4 is 15.0 Å². The van der Waals surface area contributed by atoms with Crippen LogP contribution in [0.15, 0.2) is 84.9 Å². The van der Waals surface area contributed by atoms with Crippen molar-refractivity contribution in [1.82, 2.24) is 15.0 Å². The van der Waals surface area contributed by atoms with Gasteiger partial charge in [0.05, 0.1) is 5.69 Å². The van der Waals surface area contributed by atoms with Crippen molar-refractivity contribution in [3.8, 4) is 11.4 Å². The molecule has 0 radical (unpaired) electrons. The molecule has 7 heteroatoms. The van der Waals surface area contributed by atoms with Gasteiger partial charge in [-0.25, -0.2) is 0 Å². The largest absolute Gasteiger partial charge is 0.489 e. The molecule has 0 fully saturated rings. The summed E-state index contributed by atoms with van der Waals surface area (Å²) < 4.78 is 5.84. The molecule has 1 amide bonds. The molecule has 0 bridgehead atoms. The van der Waals surface area contributed by atoms with E-state index in [0.717, 1.165) is 41.0 Å². The lowest BCUT2D eigenvalue weighted by Gasteiger charge is -2.22. The molecule has 1 N–H and O–H groups in total. The zero-order chi connectivity index (χ0) is 27.4. The van der Waals surface area contributed by atoms with Gasteiger partial charge < -0.3 is 15.0 Å². The highest BCUT2D eigenvalue weighted by Gasteiger charge is 2.14. The number of carbonyl (C=O) groups is 1. The lowest BCUT2D eigenvalue weighted by molar-refractivity contribution is 0.102. The van der Waals surface area contributed by atoms with Crippen LogP contribution in [0.25, 0.3) is 16.7 Å². The summed E-state index contributed by atoms with van der Waals surface area (Å²) in [5, 5.41) is 12.5. The number of nitrogens with zero attached hydrogens (tertiary/aromatic N) is 4. The number of hydrogen-bond donors (Lipinski definition) is 1. The molecule has 0 saturated carbocycles. The van der Waals surface area contributed by atoms with Crippen LogP contribution >= 0.6 is 0 Å². The predicted octanol–water partition coefficient (Wildman–Crippen LogP) is 6.71. The van der Waals surface area contributed by atoms with E-state index in [-0.39, 0.29) is 5.91 Å². The average molecular weight is 520 g/mol. The van der Waals surface area contributed by atoms with Gasteiger partial charge in [0.15, 0.2) is 0 Å². The van der Waals surface area contributed by atoms with E-state index in [1.807, 2.05) is 61.5 Å². The molecule has 4 aromatic carbocycles. The number of fused-ring (bicyclic) bond motifs is 1. The van der Waals surface area contributed by atoms with E-state index < -0.39 is 0 Å². The number of hydrogen-bond acceptors (Lipinski definition) is 5. The summed E-state index contributed by atoms with van der Waals surface area (Å²) in [7, 11) is 0. The lowest BCUT2D eigenvalue weighted by Crippen LogP contribution is -2.21. The summed E-state index contributed by atoms with van der Waals surface area (Å²) >= 11 is 0. The standard InChI is InChI=1S/C32H33N5O2/c1-5-36(6-2)26-14-17-31(23(4)18-26)37-34-29-19-22(3)28(20-30(29)35-37)33-32(38)25-12-15-27(16-13-25)39-21-24-10-8-7-9-11-24/h7-20H,5-6,21H2,1-4H3,(H,33,38). The van der Waals surface area contributed by atoms with Gasteiger partial charge in [0.2, 0.25) is 0 Å². The first kappa shape index (κ1) is 26.0. The summed E-state index contributed by atoms with van der Waals surface area (Å²) in [6, 6.07) is 27.3. The SMILES string of the molecule is CCN(CC)c1ccc(-n2nc3cc(C)c(NC(=O)c4ccc(OCc5ccccc5)cc4)cc3n2)c(C)c1. The van der Waals surface area contributed by atoms with Crippen LogP contribution in [0.4, 0.5) is 11.4 Å². The van der Waals surface area contributed by atoms with Crippen LogP contribution in [0.3, 0.4) is 0 Å². The van der Waals surface area contributed by atoms with Gasteiger partial charge in [-0.2, -0.15) is 4.80 Å². The highest BCUT2D eigenvalue weighted by molar-refractivity contribution is 6.05. The number of anilines is 2. The van der Waals surface area contributed by atoms with Crippen molar-refractivity contribution in [2.45, 2.75) is 34.3 Å². The number of carbonyl (C=O) groups excluding carboxylic acids is 1. The van der Waals surface area contributed by atoms with Gasteiger partial charge in [0.25, 0.3) is 5.91 Å². The number of nitrogens with one attached hydrogen (secondary N) is 1. The predicted molar refractivity (Wildman–Crippen MR) is 157 cm³/mol. The highest BCUT2D eigenvalue weighted by atomic mass is 16.5. The molecule has 0 atom stereocenters. The summed E-state index contributed by atoms with van der Waals surface area (Å²) in [6.07, 6.45) is 0. The third-order valence-corrected chi connectivity index (χ3v) is 6.86. The number of amides is 1. The van der Waals surface area contributed by atoms with Crippen molar-refractivity contribution >= 4 is 28.3 Å². The minimum atomic E-state index is -0.192.